The summed E-state index contributed by atoms with van der Waals surface area (Å²) in [7, 11) is 0. The van der Waals surface area contributed by atoms with Gasteiger partial charge in [-0.2, -0.15) is 0 Å². The number of fused-ring (bicyclic) bond motifs is 2. The van der Waals surface area contributed by atoms with Crippen LogP contribution in [-0.4, -0.2) is 29.0 Å². The van der Waals surface area contributed by atoms with E-state index in [0.29, 0.717) is 6.54 Å². The molecule has 3 heterocycles. The zero-order valence-corrected chi connectivity index (χ0v) is 12.9. The second kappa shape index (κ2) is 6.04. The van der Waals surface area contributed by atoms with Crippen molar-refractivity contribution in [1.82, 2.24) is 20.6 Å². The van der Waals surface area contributed by atoms with Crippen LogP contribution in [0.1, 0.15) is 35.0 Å². The molecule has 23 heavy (non-hydrogen) atoms. The number of amides is 1. The minimum Gasteiger partial charge on any atom is -0.493 e. The molecule has 0 aliphatic carbocycles. The fourth-order valence-corrected chi connectivity index (χ4v) is 3.25. The first kappa shape index (κ1) is 14.3. The SMILES string of the molecule is O=C(NCc1ccc2c(c1)CCCO2)[C@@H]1NCCc2[nH]cnc21. The monoisotopic (exact) mass is 312 g/mol. The molecule has 1 aromatic carbocycles. The van der Waals surface area contributed by atoms with E-state index in [4.69, 9.17) is 4.74 Å². The molecule has 0 spiro atoms. The number of aromatic nitrogens is 2. The van der Waals surface area contributed by atoms with Crippen LogP contribution in [0, 0.1) is 0 Å². The van der Waals surface area contributed by atoms with Gasteiger partial charge in [-0.1, -0.05) is 12.1 Å². The van der Waals surface area contributed by atoms with Gasteiger partial charge in [-0.25, -0.2) is 4.98 Å². The molecule has 0 unspecified atom stereocenters. The molecule has 1 aromatic heterocycles. The van der Waals surface area contributed by atoms with Gasteiger partial charge in [0, 0.05) is 25.2 Å². The number of hydrogen-bond acceptors (Lipinski definition) is 4. The molecule has 6 heteroatoms. The minimum atomic E-state index is -0.369. The number of rotatable bonds is 3. The molecule has 0 radical (unpaired) electrons. The quantitative estimate of drug-likeness (QED) is 0.797. The molecule has 3 N–H and O–H groups in total. The summed E-state index contributed by atoms with van der Waals surface area (Å²) < 4.78 is 5.62. The third-order valence-corrected chi connectivity index (χ3v) is 4.45. The fourth-order valence-electron chi connectivity index (χ4n) is 3.25. The van der Waals surface area contributed by atoms with E-state index in [-0.39, 0.29) is 11.9 Å². The van der Waals surface area contributed by atoms with E-state index in [1.54, 1.807) is 6.33 Å². The average Bonchev–Trinajstić information content (AvgIpc) is 3.08. The number of H-pyrrole nitrogens is 1. The van der Waals surface area contributed by atoms with Crippen LogP contribution in [0.2, 0.25) is 0 Å². The van der Waals surface area contributed by atoms with E-state index < -0.39 is 0 Å². The van der Waals surface area contributed by atoms with Crippen molar-refractivity contribution in [3.8, 4) is 5.75 Å². The molecule has 0 saturated carbocycles. The molecule has 0 bridgehead atoms. The minimum absolute atomic E-state index is 0.0352. The number of aryl methyl sites for hydroxylation is 1. The van der Waals surface area contributed by atoms with Crippen molar-refractivity contribution in [3.63, 3.8) is 0 Å². The van der Waals surface area contributed by atoms with Crippen molar-refractivity contribution in [3.05, 3.63) is 47.0 Å². The Labute approximate surface area is 134 Å². The Morgan fingerprint density at radius 3 is 3.30 bits per heavy atom. The lowest BCUT2D eigenvalue weighted by molar-refractivity contribution is -0.123. The van der Waals surface area contributed by atoms with Gasteiger partial charge in [-0.05, 0) is 30.0 Å². The van der Waals surface area contributed by atoms with Gasteiger partial charge in [0.05, 0.1) is 18.6 Å². The number of benzene rings is 1. The van der Waals surface area contributed by atoms with E-state index >= 15 is 0 Å². The molecule has 2 aromatic rings. The third-order valence-electron chi connectivity index (χ3n) is 4.45. The molecule has 1 amide bonds. The van der Waals surface area contributed by atoms with E-state index in [1.165, 1.54) is 5.56 Å². The number of carbonyl (C=O) groups is 1. The smallest absolute Gasteiger partial charge is 0.243 e. The number of imidazole rings is 1. The second-order valence-corrected chi connectivity index (χ2v) is 6.02. The lowest BCUT2D eigenvalue weighted by Crippen LogP contribution is -2.41. The van der Waals surface area contributed by atoms with Crippen molar-refractivity contribution < 1.29 is 9.53 Å². The number of ether oxygens (including phenoxy) is 1. The Hall–Kier alpha value is -2.34. The predicted molar refractivity (Wildman–Crippen MR) is 85.1 cm³/mol. The molecule has 2 aliphatic heterocycles. The van der Waals surface area contributed by atoms with Crippen LogP contribution in [0.15, 0.2) is 24.5 Å². The van der Waals surface area contributed by atoms with Crippen molar-refractivity contribution in [2.45, 2.75) is 31.8 Å². The molecule has 4 rings (SSSR count). The number of carbonyl (C=O) groups excluding carboxylic acids is 1. The van der Waals surface area contributed by atoms with Crippen molar-refractivity contribution in [2.24, 2.45) is 0 Å². The Morgan fingerprint density at radius 1 is 1.39 bits per heavy atom. The highest BCUT2D eigenvalue weighted by molar-refractivity contribution is 5.83. The van der Waals surface area contributed by atoms with Gasteiger partial charge in [0.15, 0.2) is 0 Å². The normalized spacial score (nSPS) is 19.4. The average molecular weight is 312 g/mol. The zero-order valence-electron chi connectivity index (χ0n) is 12.9. The van der Waals surface area contributed by atoms with Crippen LogP contribution >= 0.6 is 0 Å². The number of aromatic amines is 1. The molecule has 0 fully saturated rings. The van der Waals surface area contributed by atoms with E-state index in [0.717, 1.165) is 55.1 Å². The first-order chi connectivity index (χ1) is 11.3. The molecular formula is C17H20N4O2. The van der Waals surface area contributed by atoms with E-state index in [9.17, 15) is 4.79 Å². The van der Waals surface area contributed by atoms with Crippen molar-refractivity contribution in [1.29, 1.82) is 0 Å². The maximum absolute atomic E-state index is 12.5. The first-order valence-electron chi connectivity index (χ1n) is 8.09. The highest BCUT2D eigenvalue weighted by Crippen LogP contribution is 2.25. The van der Waals surface area contributed by atoms with Crippen LogP contribution in [-0.2, 0) is 24.2 Å². The Bertz CT molecular complexity index is 725. The standard InChI is InChI=1S/C17H20N4O2/c22-17(16-15-13(5-6-18-16)20-10-21-15)19-9-11-3-4-14-12(8-11)2-1-7-23-14/h3-4,8,10,16,18H,1-2,5-7,9H2,(H,19,22)(H,20,21)/t16-/m1/s1. The summed E-state index contributed by atoms with van der Waals surface area (Å²) in [4.78, 5) is 19.9. The van der Waals surface area contributed by atoms with Gasteiger partial charge in [0.25, 0.3) is 0 Å². The largest absolute Gasteiger partial charge is 0.493 e. The third kappa shape index (κ3) is 2.82. The fraction of sp³-hybridized carbons (Fsp3) is 0.412. The summed E-state index contributed by atoms with van der Waals surface area (Å²) in [6, 6.07) is 5.77. The summed E-state index contributed by atoms with van der Waals surface area (Å²) in [6.07, 6.45) is 4.63. The second-order valence-electron chi connectivity index (χ2n) is 6.02. The highest BCUT2D eigenvalue weighted by Gasteiger charge is 2.28. The first-order valence-corrected chi connectivity index (χ1v) is 8.09. The van der Waals surface area contributed by atoms with E-state index in [2.05, 4.69) is 26.7 Å². The van der Waals surface area contributed by atoms with Gasteiger partial charge in [-0.3, -0.25) is 4.79 Å². The van der Waals surface area contributed by atoms with Gasteiger partial charge >= 0.3 is 0 Å². The topological polar surface area (TPSA) is 79.0 Å². The maximum atomic E-state index is 12.5. The molecule has 0 saturated heterocycles. The Morgan fingerprint density at radius 2 is 2.35 bits per heavy atom. The van der Waals surface area contributed by atoms with E-state index in [1.807, 2.05) is 12.1 Å². The van der Waals surface area contributed by atoms with Gasteiger partial charge in [0.1, 0.15) is 11.8 Å². The maximum Gasteiger partial charge on any atom is 0.243 e. The van der Waals surface area contributed by atoms with Crippen LogP contribution in [0.4, 0.5) is 0 Å². The van der Waals surface area contributed by atoms with Crippen LogP contribution in [0.3, 0.4) is 0 Å². The number of hydrogen-bond donors (Lipinski definition) is 3. The summed E-state index contributed by atoms with van der Waals surface area (Å²) in [5.41, 5.74) is 4.19. The highest BCUT2D eigenvalue weighted by atomic mass is 16.5. The zero-order chi connectivity index (χ0) is 15.6. The van der Waals surface area contributed by atoms with Crippen LogP contribution in [0.5, 0.6) is 5.75 Å². The van der Waals surface area contributed by atoms with Gasteiger partial charge in [-0.15, -0.1) is 0 Å². The summed E-state index contributed by atoms with van der Waals surface area (Å²) in [6.45, 7) is 2.09. The molecule has 2 aliphatic rings. The summed E-state index contributed by atoms with van der Waals surface area (Å²) >= 11 is 0. The Kier molecular flexibility index (Phi) is 3.75. The predicted octanol–water partition coefficient (Wildman–Crippen LogP) is 1.24. The molecule has 120 valence electrons. The lowest BCUT2D eigenvalue weighted by Gasteiger charge is -2.22. The molecule has 6 nitrogen and oxygen atoms in total. The Balaban J connectivity index is 1.43. The van der Waals surface area contributed by atoms with Crippen molar-refractivity contribution in [2.75, 3.05) is 13.2 Å². The molecular weight excluding hydrogens is 292 g/mol. The lowest BCUT2D eigenvalue weighted by atomic mass is 10.0. The van der Waals surface area contributed by atoms with Gasteiger partial charge in [0.2, 0.25) is 5.91 Å². The van der Waals surface area contributed by atoms with Crippen LogP contribution < -0.4 is 15.4 Å². The van der Waals surface area contributed by atoms with Crippen LogP contribution in [0.25, 0.3) is 0 Å². The molecule has 1 atom stereocenters. The summed E-state index contributed by atoms with van der Waals surface area (Å²) in [5.74, 6) is 0.938. The summed E-state index contributed by atoms with van der Waals surface area (Å²) in [5, 5.41) is 6.24. The number of nitrogens with one attached hydrogen (secondary N) is 3. The van der Waals surface area contributed by atoms with Crippen molar-refractivity contribution >= 4 is 5.91 Å². The van der Waals surface area contributed by atoms with Gasteiger partial charge < -0.3 is 20.4 Å². The number of nitrogens with zero attached hydrogens (tertiary/aromatic N) is 1.